The maximum atomic E-state index is 4.67. The highest BCUT2D eigenvalue weighted by Crippen LogP contribution is 2.25. The Labute approximate surface area is 130 Å². The lowest BCUT2D eigenvalue weighted by molar-refractivity contribution is 0.811. The minimum Gasteiger partial charge on any atom is -0.370 e. The second-order valence-corrected chi connectivity index (χ2v) is 5.90. The number of nitrogens with zero attached hydrogens (tertiary/aromatic N) is 3. The molecule has 0 aromatic carbocycles. The fourth-order valence-electron chi connectivity index (χ4n) is 2.09. The number of nitrogens with one attached hydrogen (secondary N) is 2. The van der Waals surface area contributed by atoms with Crippen molar-refractivity contribution in [2.75, 3.05) is 17.2 Å². The summed E-state index contributed by atoms with van der Waals surface area (Å²) in [6.45, 7) is 9.22. The zero-order valence-electron chi connectivity index (χ0n) is 13.1. The predicted octanol–water partition coefficient (Wildman–Crippen LogP) is 3.80. The molecule has 0 radical (unpaired) electrons. The molecule has 2 heterocycles. The molecule has 0 spiro atoms. The van der Waals surface area contributed by atoms with E-state index < -0.39 is 0 Å². The van der Waals surface area contributed by atoms with Crippen molar-refractivity contribution < 1.29 is 0 Å². The van der Waals surface area contributed by atoms with E-state index >= 15 is 0 Å². The summed E-state index contributed by atoms with van der Waals surface area (Å²) < 4.78 is 0. The van der Waals surface area contributed by atoms with Crippen LogP contribution >= 0.6 is 11.3 Å². The summed E-state index contributed by atoms with van der Waals surface area (Å²) in [5, 5.41) is 9.84. The maximum absolute atomic E-state index is 4.67. The SMILES string of the molecule is CCCc1nc(NCC)c(C)c(NC(C)c2nccs2)n1. The Bertz CT molecular complexity index is 568. The first-order valence-electron chi connectivity index (χ1n) is 7.43. The molecule has 0 bridgehead atoms. The standard InChI is InChI=1S/C15H23N5S/c1-5-7-12-19-13(16-6-2)10(3)14(20-12)18-11(4)15-17-8-9-21-15/h8-9,11H,5-7H2,1-4H3,(H2,16,18,19,20). The molecule has 0 saturated carbocycles. The molecule has 21 heavy (non-hydrogen) atoms. The zero-order chi connectivity index (χ0) is 15.2. The van der Waals surface area contributed by atoms with Gasteiger partial charge in [-0.05, 0) is 27.2 Å². The van der Waals surface area contributed by atoms with Crippen LogP contribution in [0.15, 0.2) is 11.6 Å². The Kier molecular flexibility index (Phi) is 5.50. The van der Waals surface area contributed by atoms with Crippen LogP contribution in [0.2, 0.25) is 0 Å². The zero-order valence-corrected chi connectivity index (χ0v) is 13.9. The highest BCUT2D eigenvalue weighted by atomic mass is 32.1. The number of thiazole rings is 1. The fourth-order valence-corrected chi connectivity index (χ4v) is 2.74. The first-order chi connectivity index (χ1) is 10.2. The maximum Gasteiger partial charge on any atom is 0.135 e. The van der Waals surface area contributed by atoms with Crippen molar-refractivity contribution in [2.45, 2.75) is 46.6 Å². The summed E-state index contributed by atoms with van der Waals surface area (Å²) >= 11 is 1.65. The molecule has 2 aromatic rings. The van der Waals surface area contributed by atoms with Gasteiger partial charge in [-0.15, -0.1) is 11.3 Å². The highest BCUT2D eigenvalue weighted by molar-refractivity contribution is 7.09. The molecule has 2 N–H and O–H groups in total. The van der Waals surface area contributed by atoms with Gasteiger partial charge in [-0.3, -0.25) is 0 Å². The van der Waals surface area contributed by atoms with Gasteiger partial charge in [-0.25, -0.2) is 15.0 Å². The predicted molar refractivity (Wildman–Crippen MR) is 89.1 cm³/mol. The topological polar surface area (TPSA) is 62.7 Å². The van der Waals surface area contributed by atoms with E-state index in [0.29, 0.717) is 0 Å². The van der Waals surface area contributed by atoms with E-state index in [0.717, 1.165) is 47.4 Å². The summed E-state index contributed by atoms with van der Waals surface area (Å²) in [5.74, 6) is 2.70. The van der Waals surface area contributed by atoms with Crippen molar-refractivity contribution in [3.63, 3.8) is 0 Å². The van der Waals surface area contributed by atoms with Crippen LogP contribution in [0.5, 0.6) is 0 Å². The molecular weight excluding hydrogens is 282 g/mol. The summed E-state index contributed by atoms with van der Waals surface area (Å²) in [6, 6.07) is 0.141. The van der Waals surface area contributed by atoms with E-state index in [1.54, 1.807) is 11.3 Å². The second-order valence-electron chi connectivity index (χ2n) is 4.98. The van der Waals surface area contributed by atoms with Crippen LogP contribution in [0.25, 0.3) is 0 Å². The van der Waals surface area contributed by atoms with E-state index in [9.17, 15) is 0 Å². The smallest absolute Gasteiger partial charge is 0.135 e. The summed E-state index contributed by atoms with van der Waals surface area (Å²) in [4.78, 5) is 13.6. The van der Waals surface area contributed by atoms with Crippen LogP contribution in [0.3, 0.4) is 0 Å². The number of anilines is 2. The number of rotatable bonds is 7. The van der Waals surface area contributed by atoms with Crippen molar-refractivity contribution in [1.29, 1.82) is 0 Å². The molecule has 2 rings (SSSR count). The normalized spacial score (nSPS) is 12.2. The van der Waals surface area contributed by atoms with Crippen LogP contribution in [-0.4, -0.2) is 21.5 Å². The lowest BCUT2D eigenvalue weighted by atomic mass is 10.2. The minimum atomic E-state index is 0.141. The van der Waals surface area contributed by atoms with Gasteiger partial charge in [0.1, 0.15) is 22.5 Å². The van der Waals surface area contributed by atoms with Crippen molar-refractivity contribution in [2.24, 2.45) is 0 Å². The first kappa shape index (κ1) is 15.7. The molecule has 0 saturated heterocycles. The lowest BCUT2D eigenvalue weighted by Crippen LogP contribution is -2.13. The van der Waals surface area contributed by atoms with E-state index in [1.165, 1.54) is 0 Å². The van der Waals surface area contributed by atoms with Gasteiger partial charge in [0.25, 0.3) is 0 Å². The number of aryl methyl sites for hydroxylation is 1. The molecule has 6 heteroatoms. The highest BCUT2D eigenvalue weighted by Gasteiger charge is 2.14. The molecule has 0 aliphatic carbocycles. The van der Waals surface area contributed by atoms with Crippen LogP contribution in [0.1, 0.15) is 49.6 Å². The summed E-state index contributed by atoms with van der Waals surface area (Å²) in [5.41, 5.74) is 1.06. The van der Waals surface area contributed by atoms with Crippen LogP contribution in [0.4, 0.5) is 11.6 Å². The molecule has 1 atom stereocenters. The van der Waals surface area contributed by atoms with E-state index in [2.05, 4.69) is 46.4 Å². The molecule has 0 aliphatic heterocycles. The third-order valence-electron chi connectivity index (χ3n) is 3.19. The number of hydrogen-bond donors (Lipinski definition) is 2. The molecule has 2 aromatic heterocycles. The van der Waals surface area contributed by atoms with Crippen molar-refractivity contribution in [3.05, 3.63) is 28.0 Å². The first-order valence-corrected chi connectivity index (χ1v) is 8.31. The van der Waals surface area contributed by atoms with Gasteiger partial charge in [-0.1, -0.05) is 6.92 Å². The average Bonchev–Trinajstić information content (AvgIpc) is 2.98. The fraction of sp³-hybridized carbons (Fsp3) is 0.533. The Balaban J connectivity index is 2.27. The van der Waals surface area contributed by atoms with Crippen LogP contribution < -0.4 is 10.6 Å². The van der Waals surface area contributed by atoms with Gasteiger partial charge in [0.2, 0.25) is 0 Å². The van der Waals surface area contributed by atoms with Gasteiger partial charge in [-0.2, -0.15) is 0 Å². The Morgan fingerprint density at radius 2 is 2.00 bits per heavy atom. The van der Waals surface area contributed by atoms with E-state index in [-0.39, 0.29) is 6.04 Å². The number of aromatic nitrogens is 3. The average molecular weight is 305 g/mol. The summed E-state index contributed by atoms with van der Waals surface area (Å²) in [6.07, 6.45) is 3.76. The Morgan fingerprint density at radius 1 is 1.24 bits per heavy atom. The molecule has 0 fully saturated rings. The lowest BCUT2D eigenvalue weighted by Gasteiger charge is -2.17. The molecule has 5 nitrogen and oxygen atoms in total. The number of hydrogen-bond acceptors (Lipinski definition) is 6. The largest absolute Gasteiger partial charge is 0.370 e. The van der Waals surface area contributed by atoms with Crippen molar-refractivity contribution >= 4 is 23.0 Å². The van der Waals surface area contributed by atoms with Gasteiger partial charge in [0.05, 0.1) is 6.04 Å². The molecular formula is C15H23N5S. The summed E-state index contributed by atoms with van der Waals surface area (Å²) in [7, 11) is 0. The molecule has 0 amide bonds. The van der Waals surface area contributed by atoms with Gasteiger partial charge in [0, 0.05) is 30.1 Å². The van der Waals surface area contributed by atoms with Gasteiger partial charge < -0.3 is 10.6 Å². The van der Waals surface area contributed by atoms with Crippen LogP contribution in [0, 0.1) is 6.92 Å². The van der Waals surface area contributed by atoms with Crippen molar-refractivity contribution in [3.8, 4) is 0 Å². The molecule has 114 valence electrons. The Morgan fingerprint density at radius 3 is 2.62 bits per heavy atom. The Hall–Kier alpha value is -1.69. The van der Waals surface area contributed by atoms with E-state index in [1.807, 2.05) is 18.5 Å². The van der Waals surface area contributed by atoms with Gasteiger partial charge >= 0.3 is 0 Å². The van der Waals surface area contributed by atoms with Gasteiger partial charge in [0.15, 0.2) is 0 Å². The van der Waals surface area contributed by atoms with E-state index in [4.69, 9.17) is 0 Å². The third-order valence-corrected chi connectivity index (χ3v) is 4.14. The third kappa shape index (κ3) is 3.91. The van der Waals surface area contributed by atoms with Crippen molar-refractivity contribution in [1.82, 2.24) is 15.0 Å². The second kappa shape index (κ2) is 7.36. The quantitative estimate of drug-likeness (QED) is 0.814. The molecule has 0 aliphatic rings. The minimum absolute atomic E-state index is 0.141. The molecule has 1 unspecified atom stereocenters. The van der Waals surface area contributed by atoms with Crippen LogP contribution in [-0.2, 0) is 6.42 Å². The monoisotopic (exact) mass is 305 g/mol.